The Balaban J connectivity index is 0. The Labute approximate surface area is 181 Å². The number of hydrogen-bond acceptors (Lipinski definition) is 1. The summed E-state index contributed by atoms with van der Waals surface area (Å²) in [7, 11) is 0. The van der Waals surface area contributed by atoms with Gasteiger partial charge in [0.25, 0.3) is 0 Å². The van der Waals surface area contributed by atoms with Crippen molar-refractivity contribution < 1.29 is 9.90 Å². The first-order chi connectivity index (χ1) is 9.77. The van der Waals surface area contributed by atoms with E-state index in [1.54, 1.807) is 0 Å². The predicted octanol–water partition coefficient (Wildman–Crippen LogP) is 5.68. The van der Waals surface area contributed by atoms with Crippen molar-refractivity contribution >= 4 is 64.2 Å². The van der Waals surface area contributed by atoms with E-state index in [1.807, 2.05) is 0 Å². The van der Waals surface area contributed by atoms with E-state index in [0.29, 0.717) is 6.42 Å². The van der Waals surface area contributed by atoms with Gasteiger partial charge in [-0.15, -0.1) is 0 Å². The summed E-state index contributed by atoms with van der Waals surface area (Å²) in [6.07, 6.45) is 20.2. The molecular weight excluding hydrogens is 334 g/mol. The van der Waals surface area contributed by atoms with Crippen LogP contribution in [0.1, 0.15) is 110 Å². The average molecular weight is 371 g/mol. The van der Waals surface area contributed by atoms with E-state index in [0.717, 1.165) is 12.8 Å². The maximum absolute atomic E-state index is 10.3. The maximum atomic E-state index is 10.3. The Hall–Kier alpha value is 1.28. The van der Waals surface area contributed by atoms with Crippen LogP contribution >= 0.6 is 0 Å². The third kappa shape index (κ3) is 23.7. The molecule has 0 saturated carbocycles. The fourth-order valence-electron chi connectivity index (χ4n) is 2.65. The number of unbranched alkanes of at least 4 members (excludes halogenated alkanes) is 14. The summed E-state index contributed by atoms with van der Waals surface area (Å²) in [6.45, 7) is 2.27. The summed E-state index contributed by atoms with van der Waals surface area (Å²) < 4.78 is 0. The second-order valence-electron chi connectivity index (χ2n) is 6.09. The van der Waals surface area contributed by atoms with Gasteiger partial charge in [-0.05, 0) is 6.42 Å². The molecule has 0 aromatic carbocycles. The van der Waals surface area contributed by atoms with Crippen molar-refractivity contribution in [3.63, 3.8) is 0 Å². The van der Waals surface area contributed by atoms with Gasteiger partial charge in [-0.25, -0.2) is 0 Å². The Kier molecular flexibility index (Phi) is 24.8. The van der Waals surface area contributed by atoms with E-state index >= 15 is 0 Å². The van der Waals surface area contributed by atoms with Gasteiger partial charge in [-0.1, -0.05) is 96.8 Å². The summed E-state index contributed by atoms with van der Waals surface area (Å²) in [5.74, 6) is -0.653. The second kappa shape index (κ2) is 21.3. The number of carboxylic acid groups (broad SMARTS) is 1. The molecular formula is C18H37O2Rb. The summed E-state index contributed by atoms with van der Waals surface area (Å²) in [6, 6.07) is 0. The van der Waals surface area contributed by atoms with E-state index in [4.69, 9.17) is 5.11 Å². The van der Waals surface area contributed by atoms with Crippen LogP contribution in [0.4, 0.5) is 0 Å². The molecule has 0 heterocycles. The van der Waals surface area contributed by atoms with Crippen molar-refractivity contribution in [1.82, 2.24) is 0 Å². The minimum absolute atomic E-state index is 0. The first-order valence-corrected chi connectivity index (χ1v) is 8.99. The minimum atomic E-state index is -0.653. The second-order valence-corrected chi connectivity index (χ2v) is 6.09. The molecule has 0 aliphatic heterocycles. The van der Waals surface area contributed by atoms with Crippen LogP contribution in [-0.2, 0) is 4.79 Å². The number of carbonyl (C=O) groups is 1. The topological polar surface area (TPSA) is 37.3 Å². The van der Waals surface area contributed by atoms with Crippen LogP contribution in [-0.4, -0.2) is 69.3 Å². The molecule has 0 aromatic heterocycles. The van der Waals surface area contributed by atoms with E-state index in [-0.39, 0.29) is 58.2 Å². The van der Waals surface area contributed by atoms with Gasteiger partial charge in [0.1, 0.15) is 0 Å². The first kappa shape index (κ1) is 24.5. The van der Waals surface area contributed by atoms with Gasteiger partial charge < -0.3 is 5.11 Å². The van der Waals surface area contributed by atoms with Gasteiger partial charge in [0.05, 0.1) is 0 Å². The van der Waals surface area contributed by atoms with E-state index < -0.39 is 5.97 Å². The van der Waals surface area contributed by atoms with Crippen LogP contribution < -0.4 is 0 Å². The molecule has 3 heteroatoms. The van der Waals surface area contributed by atoms with Gasteiger partial charge >= 0.3 is 64.2 Å². The van der Waals surface area contributed by atoms with Gasteiger partial charge in [-0.3, -0.25) is 4.79 Å². The van der Waals surface area contributed by atoms with Gasteiger partial charge in [-0.2, -0.15) is 0 Å². The van der Waals surface area contributed by atoms with Crippen LogP contribution in [0.5, 0.6) is 0 Å². The first-order valence-electron chi connectivity index (χ1n) is 8.99. The molecule has 21 heavy (non-hydrogen) atoms. The third-order valence-corrected chi connectivity index (χ3v) is 3.99. The van der Waals surface area contributed by atoms with Crippen LogP contribution in [0.25, 0.3) is 0 Å². The molecule has 0 unspecified atom stereocenters. The van der Waals surface area contributed by atoms with E-state index in [9.17, 15) is 4.79 Å². The normalized spacial score (nSPS) is 10.3. The molecule has 1 N–H and O–H groups in total. The van der Waals surface area contributed by atoms with E-state index in [2.05, 4.69) is 6.92 Å². The van der Waals surface area contributed by atoms with Gasteiger partial charge in [0.15, 0.2) is 0 Å². The quantitative estimate of drug-likeness (QED) is 0.355. The van der Waals surface area contributed by atoms with Crippen molar-refractivity contribution in [3.8, 4) is 0 Å². The summed E-state index contributed by atoms with van der Waals surface area (Å²) in [5.41, 5.74) is 0. The zero-order valence-electron chi connectivity index (χ0n) is 13.7. The van der Waals surface area contributed by atoms with Crippen LogP contribution in [0.3, 0.4) is 0 Å². The molecule has 0 aliphatic rings. The van der Waals surface area contributed by atoms with Crippen molar-refractivity contribution in [3.05, 3.63) is 0 Å². The Morgan fingerprint density at radius 1 is 0.619 bits per heavy atom. The molecule has 0 fully saturated rings. The van der Waals surface area contributed by atoms with Crippen LogP contribution in [0.15, 0.2) is 0 Å². The Morgan fingerprint density at radius 3 is 1.19 bits per heavy atom. The van der Waals surface area contributed by atoms with Crippen molar-refractivity contribution in [2.24, 2.45) is 0 Å². The molecule has 0 bridgehead atoms. The zero-order valence-corrected chi connectivity index (χ0v) is 13.7. The molecule has 0 aromatic rings. The number of aliphatic carboxylic acids is 1. The van der Waals surface area contributed by atoms with Gasteiger partial charge in [0, 0.05) is 6.42 Å². The molecule has 0 rings (SSSR count). The standard InChI is InChI=1S/C18H36O2.Rb.H/c1-2-3-4-5-6-7-8-9-10-11-12-13-14-15-16-17-18(19)20;;/h2-17H2,1H3,(H,19,20);;. The molecule has 0 amide bonds. The molecule has 0 radical (unpaired) electrons. The Bertz CT molecular complexity index is 207. The summed E-state index contributed by atoms with van der Waals surface area (Å²) in [5, 5.41) is 8.52. The molecule has 122 valence electrons. The molecule has 0 spiro atoms. The van der Waals surface area contributed by atoms with Crippen molar-refractivity contribution in [2.45, 2.75) is 110 Å². The number of hydrogen-bond donors (Lipinski definition) is 1. The fourth-order valence-corrected chi connectivity index (χ4v) is 2.65. The molecule has 0 saturated heterocycles. The molecule has 2 nitrogen and oxygen atoms in total. The van der Waals surface area contributed by atoms with E-state index in [1.165, 1.54) is 83.5 Å². The predicted molar refractivity (Wildman–Crippen MR) is 94.3 cm³/mol. The van der Waals surface area contributed by atoms with Crippen LogP contribution in [0, 0.1) is 0 Å². The SMILES string of the molecule is CCCCCCCCCCCCCCCCCC(=O)O.[RbH]. The summed E-state index contributed by atoms with van der Waals surface area (Å²) in [4.78, 5) is 10.3. The molecule has 0 aliphatic carbocycles. The fraction of sp³-hybridized carbons (Fsp3) is 0.944. The average Bonchev–Trinajstić information content (AvgIpc) is 2.43. The Morgan fingerprint density at radius 2 is 0.905 bits per heavy atom. The molecule has 0 atom stereocenters. The zero-order chi connectivity index (χ0) is 14.9. The van der Waals surface area contributed by atoms with Crippen molar-refractivity contribution in [2.75, 3.05) is 0 Å². The third-order valence-electron chi connectivity index (χ3n) is 3.99. The summed E-state index contributed by atoms with van der Waals surface area (Å²) >= 11 is 0. The monoisotopic (exact) mass is 370 g/mol. The van der Waals surface area contributed by atoms with Crippen molar-refractivity contribution in [1.29, 1.82) is 0 Å². The number of carboxylic acids is 1. The number of rotatable bonds is 16. The van der Waals surface area contributed by atoms with Crippen LogP contribution in [0.2, 0.25) is 0 Å². The van der Waals surface area contributed by atoms with Gasteiger partial charge in [0.2, 0.25) is 0 Å².